The summed E-state index contributed by atoms with van der Waals surface area (Å²) in [5.41, 5.74) is 2.53. The number of benzene rings is 2. The van der Waals surface area contributed by atoms with Crippen LogP contribution in [0.15, 0.2) is 36.4 Å². The van der Waals surface area contributed by atoms with Crippen molar-refractivity contribution in [3.63, 3.8) is 0 Å². The van der Waals surface area contributed by atoms with Crippen LogP contribution in [0.4, 0.5) is 5.69 Å². The molecule has 2 aromatic rings. The van der Waals surface area contributed by atoms with E-state index in [4.69, 9.17) is 9.47 Å². The van der Waals surface area contributed by atoms with Crippen molar-refractivity contribution < 1.29 is 19.2 Å². The van der Waals surface area contributed by atoms with Gasteiger partial charge in [-0.3, -0.25) is 10.1 Å². The maximum absolute atomic E-state index is 12.3. The lowest BCUT2D eigenvalue weighted by molar-refractivity contribution is -0.385. The number of rotatable bonds is 4. The predicted molar refractivity (Wildman–Crippen MR) is 87.7 cm³/mol. The fourth-order valence-corrected chi connectivity index (χ4v) is 2.89. The van der Waals surface area contributed by atoms with Crippen LogP contribution in [-0.2, 0) is 12.8 Å². The number of nitrogens with zero attached hydrogens (tertiary/aromatic N) is 1. The first-order chi connectivity index (χ1) is 11.6. The van der Waals surface area contributed by atoms with Crippen molar-refractivity contribution in [1.29, 1.82) is 0 Å². The van der Waals surface area contributed by atoms with E-state index in [1.807, 2.05) is 12.1 Å². The third kappa shape index (κ3) is 3.22. The Bertz CT molecular complexity index is 800. The van der Waals surface area contributed by atoms with Crippen molar-refractivity contribution in [3.8, 4) is 11.5 Å². The van der Waals surface area contributed by atoms with Gasteiger partial charge in [0.05, 0.1) is 17.6 Å². The Morgan fingerprint density at radius 2 is 1.83 bits per heavy atom. The van der Waals surface area contributed by atoms with Gasteiger partial charge in [-0.1, -0.05) is 6.07 Å². The third-order valence-corrected chi connectivity index (χ3v) is 4.14. The summed E-state index contributed by atoms with van der Waals surface area (Å²) in [7, 11) is 1.32. The first-order valence-electron chi connectivity index (χ1n) is 7.75. The van der Waals surface area contributed by atoms with Crippen LogP contribution in [-0.4, -0.2) is 18.0 Å². The molecule has 24 heavy (non-hydrogen) atoms. The number of methoxy groups -OCH3 is 1. The van der Waals surface area contributed by atoms with E-state index >= 15 is 0 Å². The molecule has 3 rings (SSSR count). The number of carbonyl (C=O) groups excluding carboxylic acids is 1. The average molecular weight is 327 g/mol. The molecule has 0 heterocycles. The molecular weight excluding hydrogens is 310 g/mol. The summed E-state index contributed by atoms with van der Waals surface area (Å²) in [6.07, 6.45) is 4.38. The molecule has 0 radical (unpaired) electrons. The van der Waals surface area contributed by atoms with Crippen LogP contribution in [0.3, 0.4) is 0 Å². The molecule has 0 spiro atoms. The van der Waals surface area contributed by atoms with E-state index < -0.39 is 10.9 Å². The second-order valence-corrected chi connectivity index (χ2v) is 5.67. The fraction of sp³-hybridized carbons (Fsp3) is 0.278. The van der Waals surface area contributed by atoms with E-state index in [-0.39, 0.29) is 17.0 Å². The lowest BCUT2D eigenvalue weighted by Gasteiger charge is -2.16. The summed E-state index contributed by atoms with van der Waals surface area (Å²) in [5, 5.41) is 10.9. The predicted octanol–water partition coefficient (Wildman–Crippen LogP) is 3.70. The molecule has 0 aromatic heterocycles. The molecule has 2 aromatic carbocycles. The number of esters is 1. The van der Waals surface area contributed by atoms with Crippen molar-refractivity contribution in [2.45, 2.75) is 25.7 Å². The maximum atomic E-state index is 12.3. The number of fused-ring (bicyclic) bond motifs is 1. The molecule has 124 valence electrons. The monoisotopic (exact) mass is 327 g/mol. The normalized spacial score (nSPS) is 13.0. The highest BCUT2D eigenvalue weighted by atomic mass is 16.6. The smallest absolute Gasteiger partial charge is 0.343 e. The molecule has 0 N–H and O–H groups in total. The Morgan fingerprint density at radius 1 is 1.08 bits per heavy atom. The summed E-state index contributed by atoms with van der Waals surface area (Å²) in [6.45, 7) is 0. The molecule has 0 fully saturated rings. The van der Waals surface area contributed by atoms with Crippen LogP contribution < -0.4 is 9.47 Å². The van der Waals surface area contributed by atoms with Crippen LogP contribution in [0.2, 0.25) is 0 Å². The van der Waals surface area contributed by atoms with Crippen LogP contribution in [0.1, 0.15) is 34.3 Å². The molecular formula is C18H17NO5. The lowest BCUT2D eigenvalue weighted by atomic mass is 9.92. The van der Waals surface area contributed by atoms with Crippen LogP contribution >= 0.6 is 0 Å². The first-order valence-corrected chi connectivity index (χ1v) is 7.75. The SMILES string of the molecule is COc1cc(C(=O)Oc2ccc3c(c2)CCCC3)ccc1[N+](=O)[O-]. The van der Waals surface area contributed by atoms with Gasteiger partial charge in [-0.25, -0.2) is 4.79 Å². The largest absolute Gasteiger partial charge is 0.490 e. The van der Waals surface area contributed by atoms with Crippen LogP contribution in [0, 0.1) is 10.1 Å². The summed E-state index contributed by atoms with van der Waals surface area (Å²) in [5.74, 6) is -0.0585. The second-order valence-electron chi connectivity index (χ2n) is 5.67. The van der Waals surface area contributed by atoms with Gasteiger partial charge in [-0.15, -0.1) is 0 Å². The first kappa shape index (κ1) is 16.0. The standard InChI is InChI=1S/C18H17NO5/c1-23-17-11-14(7-9-16(17)19(21)22)18(20)24-15-8-6-12-4-2-3-5-13(12)10-15/h6-11H,2-5H2,1H3. The van der Waals surface area contributed by atoms with Gasteiger partial charge in [0.25, 0.3) is 0 Å². The minimum absolute atomic E-state index is 0.0277. The van der Waals surface area contributed by atoms with Gasteiger partial charge in [0, 0.05) is 12.1 Å². The van der Waals surface area contributed by atoms with Gasteiger partial charge in [0.2, 0.25) is 0 Å². The molecule has 0 atom stereocenters. The number of ether oxygens (including phenoxy) is 2. The lowest BCUT2D eigenvalue weighted by Crippen LogP contribution is -2.10. The molecule has 6 heteroatoms. The van der Waals surface area contributed by atoms with Gasteiger partial charge >= 0.3 is 11.7 Å². The number of aryl methyl sites for hydroxylation is 2. The quantitative estimate of drug-likeness (QED) is 0.370. The topological polar surface area (TPSA) is 78.7 Å². The second kappa shape index (κ2) is 6.70. The van der Waals surface area contributed by atoms with Gasteiger partial charge < -0.3 is 9.47 Å². The minimum atomic E-state index is -0.570. The summed E-state index contributed by atoms with van der Waals surface area (Å²) < 4.78 is 10.4. The summed E-state index contributed by atoms with van der Waals surface area (Å²) in [6, 6.07) is 9.59. The molecule has 1 aliphatic rings. The highest BCUT2D eigenvalue weighted by Crippen LogP contribution is 2.29. The average Bonchev–Trinajstić information content (AvgIpc) is 2.60. The van der Waals surface area contributed by atoms with Crippen LogP contribution in [0.5, 0.6) is 11.5 Å². The van der Waals surface area contributed by atoms with Crippen molar-refractivity contribution in [3.05, 3.63) is 63.2 Å². The molecule has 0 saturated heterocycles. The number of carbonyl (C=O) groups is 1. The van der Waals surface area contributed by atoms with E-state index in [9.17, 15) is 14.9 Å². The Balaban J connectivity index is 1.81. The molecule has 1 aliphatic carbocycles. The molecule has 0 unspecified atom stereocenters. The summed E-state index contributed by atoms with van der Waals surface area (Å²) in [4.78, 5) is 22.6. The van der Waals surface area contributed by atoms with Gasteiger partial charge in [0.15, 0.2) is 5.75 Å². The van der Waals surface area contributed by atoms with Crippen molar-refractivity contribution in [2.24, 2.45) is 0 Å². The van der Waals surface area contributed by atoms with Gasteiger partial charge in [0.1, 0.15) is 5.75 Å². The Labute approximate surface area is 139 Å². The molecule has 6 nitrogen and oxygen atoms in total. The number of nitro benzene ring substituents is 1. The van der Waals surface area contributed by atoms with E-state index in [1.165, 1.54) is 42.9 Å². The molecule has 0 saturated carbocycles. The van der Waals surface area contributed by atoms with Crippen molar-refractivity contribution >= 4 is 11.7 Å². The minimum Gasteiger partial charge on any atom is -0.490 e. The fourth-order valence-electron chi connectivity index (χ4n) is 2.89. The number of hydrogen-bond donors (Lipinski definition) is 0. The number of hydrogen-bond acceptors (Lipinski definition) is 5. The van der Waals surface area contributed by atoms with Crippen molar-refractivity contribution in [2.75, 3.05) is 7.11 Å². The van der Waals surface area contributed by atoms with Gasteiger partial charge in [-0.05, 0) is 55.0 Å². The Morgan fingerprint density at radius 3 is 2.54 bits per heavy atom. The highest BCUT2D eigenvalue weighted by Gasteiger charge is 2.19. The van der Waals surface area contributed by atoms with E-state index in [0.29, 0.717) is 5.75 Å². The van der Waals surface area contributed by atoms with Crippen molar-refractivity contribution in [1.82, 2.24) is 0 Å². The molecule has 0 aliphatic heterocycles. The van der Waals surface area contributed by atoms with E-state index in [2.05, 4.69) is 0 Å². The van der Waals surface area contributed by atoms with Crippen LogP contribution in [0.25, 0.3) is 0 Å². The zero-order chi connectivity index (χ0) is 17.1. The Kier molecular flexibility index (Phi) is 4.46. The highest BCUT2D eigenvalue weighted by molar-refractivity contribution is 5.92. The molecule has 0 amide bonds. The zero-order valence-corrected chi connectivity index (χ0v) is 13.3. The van der Waals surface area contributed by atoms with E-state index in [1.54, 1.807) is 6.07 Å². The maximum Gasteiger partial charge on any atom is 0.343 e. The molecule has 0 bridgehead atoms. The third-order valence-electron chi connectivity index (χ3n) is 4.14. The van der Waals surface area contributed by atoms with E-state index in [0.717, 1.165) is 19.3 Å². The Hall–Kier alpha value is -2.89. The van der Waals surface area contributed by atoms with Gasteiger partial charge in [-0.2, -0.15) is 0 Å². The number of nitro groups is 1. The zero-order valence-electron chi connectivity index (χ0n) is 13.3. The summed E-state index contributed by atoms with van der Waals surface area (Å²) >= 11 is 0.